The van der Waals surface area contributed by atoms with Crippen molar-refractivity contribution < 1.29 is 9.53 Å². The molecule has 1 aromatic carbocycles. The molecule has 0 saturated carbocycles. The Morgan fingerprint density at radius 1 is 1.21 bits per heavy atom. The van der Waals surface area contributed by atoms with Gasteiger partial charge in [0.2, 0.25) is 0 Å². The molecular weight excluding hydrogens is 324 g/mol. The van der Waals surface area contributed by atoms with Crippen LogP contribution in [0, 0.1) is 0 Å². The molecule has 0 N–H and O–H groups in total. The number of aromatic nitrogens is 1. The predicted octanol–water partition coefficient (Wildman–Crippen LogP) is 4.26. The lowest BCUT2D eigenvalue weighted by molar-refractivity contribution is 0.0774. The molecule has 0 spiro atoms. The monoisotopic (exact) mass is 346 g/mol. The number of hydrogen-bond donors (Lipinski definition) is 0. The van der Waals surface area contributed by atoms with Gasteiger partial charge in [-0.1, -0.05) is 11.6 Å². The third kappa shape index (κ3) is 2.84. The second kappa shape index (κ2) is 6.98. The van der Waals surface area contributed by atoms with E-state index in [4.69, 9.17) is 16.3 Å². The van der Waals surface area contributed by atoms with Crippen LogP contribution in [0.4, 0.5) is 0 Å². The highest BCUT2D eigenvalue weighted by atomic mass is 35.5. The minimum Gasteiger partial charge on any atom is -0.497 e. The summed E-state index contributed by atoms with van der Waals surface area (Å²) in [6, 6.07) is 3.77. The van der Waals surface area contributed by atoms with E-state index in [1.807, 2.05) is 19.9 Å². The summed E-state index contributed by atoms with van der Waals surface area (Å²) < 4.78 is 5.45. The molecule has 1 aliphatic rings. The summed E-state index contributed by atoms with van der Waals surface area (Å²) in [4.78, 5) is 19.3. The Bertz CT molecular complexity index is 785. The van der Waals surface area contributed by atoms with Gasteiger partial charge in [-0.25, -0.2) is 4.98 Å². The Balaban J connectivity index is 2.29. The molecule has 0 aliphatic heterocycles. The number of hydrogen-bond acceptors (Lipinski definition) is 3. The van der Waals surface area contributed by atoms with Crippen LogP contribution in [-0.2, 0) is 12.8 Å². The largest absolute Gasteiger partial charge is 0.497 e. The zero-order chi connectivity index (χ0) is 17.3. The number of ether oxygens (including phenoxy) is 1. The molecule has 4 nitrogen and oxygen atoms in total. The number of benzene rings is 1. The SMILES string of the molecule is CCN(CC)C(=O)c1cc(OC)cc2c3c(c(Cl)nc12)CCCC3. The van der Waals surface area contributed by atoms with Gasteiger partial charge in [0.25, 0.3) is 5.91 Å². The Labute approximate surface area is 147 Å². The summed E-state index contributed by atoms with van der Waals surface area (Å²) in [6.45, 7) is 5.28. The fourth-order valence-corrected chi connectivity index (χ4v) is 3.81. The summed E-state index contributed by atoms with van der Waals surface area (Å²) in [5.41, 5.74) is 3.62. The molecule has 5 heteroatoms. The lowest BCUT2D eigenvalue weighted by Gasteiger charge is -2.23. The van der Waals surface area contributed by atoms with Gasteiger partial charge in [-0.05, 0) is 62.8 Å². The maximum atomic E-state index is 13.0. The summed E-state index contributed by atoms with van der Waals surface area (Å²) in [5, 5.41) is 1.54. The molecule has 1 aliphatic carbocycles. The number of pyridine rings is 1. The molecule has 0 atom stereocenters. The van der Waals surface area contributed by atoms with E-state index < -0.39 is 0 Å². The molecule has 1 amide bonds. The van der Waals surface area contributed by atoms with Gasteiger partial charge < -0.3 is 9.64 Å². The van der Waals surface area contributed by atoms with Gasteiger partial charge in [-0.2, -0.15) is 0 Å². The van der Waals surface area contributed by atoms with E-state index in [1.54, 1.807) is 18.1 Å². The highest BCUT2D eigenvalue weighted by molar-refractivity contribution is 6.31. The zero-order valence-corrected chi connectivity index (χ0v) is 15.2. The molecule has 2 aromatic rings. The summed E-state index contributed by atoms with van der Waals surface area (Å²) in [5.74, 6) is 0.665. The Morgan fingerprint density at radius 2 is 1.88 bits per heavy atom. The maximum absolute atomic E-state index is 13.0. The highest BCUT2D eigenvalue weighted by Gasteiger charge is 2.23. The predicted molar refractivity (Wildman–Crippen MR) is 97.2 cm³/mol. The lowest BCUT2D eigenvalue weighted by atomic mass is 9.89. The first-order valence-corrected chi connectivity index (χ1v) is 8.96. The highest BCUT2D eigenvalue weighted by Crippen LogP contribution is 2.36. The van der Waals surface area contributed by atoms with Crippen molar-refractivity contribution in [2.45, 2.75) is 39.5 Å². The van der Waals surface area contributed by atoms with Crippen molar-refractivity contribution in [1.82, 2.24) is 9.88 Å². The van der Waals surface area contributed by atoms with Crippen LogP contribution < -0.4 is 4.74 Å². The van der Waals surface area contributed by atoms with Crippen LogP contribution in [-0.4, -0.2) is 36.0 Å². The zero-order valence-electron chi connectivity index (χ0n) is 14.5. The van der Waals surface area contributed by atoms with Crippen LogP contribution >= 0.6 is 11.6 Å². The second-order valence-electron chi connectivity index (χ2n) is 6.12. The first-order valence-electron chi connectivity index (χ1n) is 8.58. The van der Waals surface area contributed by atoms with Gasteiger partial charge in [0.15, 0.2) is 0 Å². The first kappa shape index (κ1) is 17.0. The van der Waals surface area contributed by atoms with Gasteiger partial charge in [0.1, 0.15) is 10.9 Å². The molecule has 1 aromatic heterocycles. The van der Waals surface area contributed by atoms with Crippen LogP contribution in [0.3, 0.4) is 0 Å². The first-order chi connectivity index (χ1) is 11.6. The Kier molecular flexibility index (Phi) is 4.95. The van der Waals surface area contributed by atoms with E-state index in [0.29, 0.717) is 35.1 Å². The summed E-state index contributed by atoms with van der Waals surface area (Å²) >= 11 is 6.45. The van der Waals surface area contributed by atoms with Crippen molar-refractivity contribution >= 4 is 28.4 Å². The van der Waals surface area contributed by atoms with Crippen molar-refractivity contribution in [3.05, 3.63) is 34.0 Å². The van der Waals surface area contributed by atoms with Gasteiger partial charge in [0, 0.05) is 18.5 Å². The molecule has 24 heavy (non-hydrogen) atoms. The number of fused-ring (bicyclic) bond motifs is 3. The number of rotatable bonds is 4. The third-order valence-electron chi connectivity index (χ3n) is 4.85. The molecule has 0 saturated heterocycles. The number of halogens is 1. The number of carbonyl (C=O) groups is 1. The molecule has 0 bridgehead atoms. The fourth-order valence-electron chi connectivity index (χ4n) is 3.52. The van der Waals surface area contributed by atoms with Crippen molar-refractivity contribution in [3.63, 3.8) is 0 Å². The number of aryl methyl sites for hydroxylation is 1. The number of methoxy groups -OCH3 is 1. The number of nitrogens with zero attached hydrogens (tertiary/aromatic N) is 2. The van der Waals surface area contributed by atoms with Crippen LogP contribution in [0.25, 0.3) is 10.9 Å². The fraction of sp³-hybridized carbons (Fsp3) is 0.474. The Hall–Kier alpha value is -1.81. The van der Waals surface area contributed by atoms with Crippen LogP contribution in [0.1, 0.15) is 48.2 Å². The standard InChI is InChI=1S/C19H23ClN2O2/c1-4-22(5-2)19(23)16-11-12(24-3)10-15-13-8-6-7-9-14(13)18(20)21-17(15)16/h10-11H,4-9H2,1-3H3. The van der Waals surface area contributed by atoms with Gasteiger partial charge in [0.05, 0.1) is 18.2 Å². The van der Waals surface area contributed by atoms with E-state index in [-0.39, 0.29) is 5.91 Å². The second-order valence-corrected chi connectivity index (χ2v) is 6.47. The van der Waals surface area contributed by atoms with Gasteiger partial charge >= 0.3 is 0 Å². The molecular formula is C19H23ClN2O2. The molecule has 3 rings (SSSR count). The van der Waals surface area contributed by atoms with E-state index in [1.165, 1.54) is 5.56 Å². The summed E-state index contributed by atoms with van der Waals surface area (Å²) in [6.07, 6.45) is 4.20. The van der Waals surface area contributed by atoms with E-state index in [2.05, 4.69) is 4.98 Å². The van der Waals surface area contributed by atoms with Gasteiger partial charge in [-0.15, -0.1) is 0 Å². The molecule has 128 valence electrons. The van der Waals surface area contributed by atoms with Crippen LogP contribution in [0.15, 0.2) is 12.1 Å². The maximum Gasteiger partial charge on any atom is 0.256 e. The van der Waals surface area contributed by atoms with Crippen molar-refractivity contribution in [1.29, 1.82) is 0 Å². The average Bonchev–Trinajstić information content (AvgIpc) is 2.62. The minimum absolute atomic E-state index is 0.0248. The normalized spacial score (nSPS) is 13.7. The topological polar surface area (TPSA) is 42.4 Å². The number of carbonyl (C=O) groups excluding carboxylic acids is 1. The molecule has 0 fully saturated rings. The lowest BCUT2D eigenvalue weighted by Crippen LogP contribution is -2.30. The van der Waals surface area contributed by atoms with Crippen molar-refractivity contribution in [3.8, 4) is 5.75 Å². The third-order valence-corrected chi connectivity index (χ3v) is 5.16. The smallest absolute Gasteiger partial charge is 0.256 e. The van der Waals surface area contributed by atoms with Crippen LogP contribution in [0.5, 0.6) is 5.75 Å². The molecule has 0 radical (unpaired) electrons. The van der Waals surface area contributed by atoms with E-state index >= 15 is 0 Å². The summed E-state index contributed by atoms with van der Waals surface area (Å²) in [7, 11) is 1.63. The Morgan fingerprint density at radius 3 is 2.50 bits per heavy atom. The van der Waals surface area contributed by atoms with Gasteiger partial charge in [-0.3, -0.25) is 4.79 Å². The molecule has 0 unspecified atom stereocenters. The quantitative estimate of drug-likeness (QED) is 0.777. The van der Waals surface area contributed by atoms with Crippen LogP contribution in [0.2, 0.25) is 5.15 Å². The van der Waals surface area contributed by atoms with E-state index in [0.717, 1.165) is 36.6 Å². The number of amides is 1. The van der Waals surface area contributed by atoms with Crippen molar-refractivity contribution in [2.75, 3.05) is 20.2 Å². The molecule has 1 heterocycles. The average molecular weight is 347 g/mol. The minimum atomic E-state index is -0.0248. The van der Waals surface area contributed by atoms with Crippen molar-refractivity contribution in [2.24, 2.45) is 0 Å². The van der Waals surface area contributed by atoms with E-state index in [9.17, 15) is 4.79 Å².